The first-order chi connectivity index (χ1) is 17.1. The summed E-state index contributed by atoms with van der Waals surface area (Å²) in [7, 11) is 0. The number of hydrogen-bond acceptors (Lipinski definition) is 6. The van der Waals surface area contributed by atoms with Gasteiger partial charge in [0.05, 0.1) is 17.8 Å². The molecule has 0 radical (unpaired) electrons. The molecule has 1 amide bonds. The fourth-order valence-corrected chi connectivity index (χ4v) is 4.59. The van der Waals surface area contributed by atoms with Gasteiger partial charge in [0.1, 0.15) is 11.6 Å². The number of nitrogens with one attached hydrogen (secondary N) is 1. The highest BCUT2D eigenvalue weighted by atomic mass is 16.1. The van der Waals surface area contributed by atoms with E-state index in [1.54, 1.807) is 36.7 Å². The molecule has 35 heavy (non-hydrogen) atoms. The Balaban J connectivity index is 1.45. The smallest absolute Gasteiger partial charge is 0.256 e. The van der Waals surface area contributed by atoms with E-state index in [4.69, 9.17) is 10.7 Å². The molecule has 4 aromatic rings. The van der Waals surface area contributed by atoms with Gasteiger partial charge in [-0.15, -0.1) is 5.92 Å². The standard InChI is InChI=1S/C27H27N7O/c1-2-3-16-33-17-6-7-21(18-33)24-22-13-15-30-27(28)34(22)25(32-24)19-9-11-20(12-10-19)26(35)31-23-8-4-5-14-29-23/h4-5,8-15,21H,6-7,16-18H2,1H3,(H2,28,30)(H,29,31,35)/t21-/m1/s1. The minimum absolute atomic E-state index is 0.220. The molecule has 4 heterocycles. The van der Waals surface area contributed by atoms with Crippen molar-refractivity contribution in [3.63, 3.8) is 0 Å². The number of fused-ring (bicyclic) bond motifs is 1. The van der Waals surface area contributed by atoms with Gasteiger partial charge in [-0.1, -0.05) is 24.1 Å². The fraction of sp³-hybridized carbons (Fsp3) is 0.259. The van der Waals surface area contributed by atoms with E-state index in [0.29, 0.717) is 17.3 Å². The SMILES string of the molecule is CC#CCN1CCC[C@@H](c2nc(-c3ccc(C(=O)Nc4ccccn4)cc3)n3c(N)nccc23)C1. The highest BCUT2D eigenvalue weighted by Crippen LogP contribution is 2.33. The number of pyridine rings is 1. The van der Waals surface area contributed by atoms with Crippen LogP contribution in [0.5, 0.6) is 0 Å². The normalized spacial score (nSPS) is 16.0. The Hall–Kier alpha value is -4.22. The second-order valence-electron chi connectivity index (χ2n) is 8.59. The topological polar surface area (TPSA) is 101 Å². The van der Waals surface area contributed by atoms with Crippen molar-refractivity contribution in [2.45, 2.75) is 25.7 Å². The van der Waals surface area contributed by atoms with Crippen molar-refractivity contribution in [3.8, 4) is 23.2 Å². The van der Waals surface area contributed by atoms with E-state index in [-0.39, 0.29) is 11.8 Å². The lowest BCUT2D eigenvalue weighted by molar-refractivity contribution is 0.102. The largest absolute Gasteiger partial charge is 0.369 e. The summed E-state index contributed by atoms with van der Waals surface area (Å²) in [5.41, 5.74) is 9.70. The van der Waals surface area contributed by atoms with Gasteiger partial charge in [0.15, 0.2) is 0 Å². The van der Waals surface area contributed by atoms with Gasteiger partial charge in [0, 0.05) is 36.0 Å². The third-order valence-corrected chi connectivity index (χ3v) is 6.29. The Labute approximate surface area is 204 Å². The molecular formula is C27H27N7O. The van der Waals surface area contributed by atoms with Gasteiger partial charge in [-0.25, -0.2) is 15.0 Å². The van der Waals surface area contributed by atoms with E-state index in [1.165, 1.54) is 0 Å². The zero-order chi connectivity index (χ0) is 24.2. The van der Waals surface area contributed by atoms with Crippen LogP contribution < -0.4 is 11.1 Å². The maximum absolute atomic E-state index is 12.6. The van der Waals surface area contributed by atoms with Gasteiger partial charge < -0.3 is 11.1 Å². The second kappa shape index (κ2) is 9.95. The molecule has 1 atom stereocenters. The molecule has 1 aromatic carbocycles. The molecule has 1 saturated heterocycles. The van der Waals surface area contributed by atoms with Gasteiger partial charge >= 0.3 is 0 Å². The Morgan fingerprint density at radius 2 is 2.00 bits per heavy atom. The first-order valence-corrected chi connectivity index (χ1v) is 11.7. The average molecular weight is 466 g/mol. The summed E-state index contributed by atoms with van der Waals surface area (Å²) in [6.45, 7) is 4.61. The van der Waals surface area contributed by atoms with E-state index in [0.717, 1.165) is 55.1 Å². The number of rotatable bonds is 5. The number of piperidine rings is 1. The summed E-state index contributed by atoms with van der Waals surface area (Å²) >= 11 is 0. The number of likely N-dealkylation sites (tertiary alicyclic amines) is 1. The molecular weight excluding hydrogens is 438 g/mol. The minimum Gasteiger partial charge on any atom is -0.369 e. The number of aromatic nitrogens is 4. The molecule has 8 heteroatoms. The number of amides is 1. The van der Waals surface area contributed by atoms with Crippen LogP contribution in [0.1, 0.15) is 41.7 Å². The molecule has 3 N–H and O–H groups in total. The maximum Gasteiger partial charge on any atom is 0.256 e. The van der Waals surface area contributed by atoms with Crippen LogP contribution in [-0.2, 0) is 0 Å². The number of anilines is 2. The Morgan fingerprint density at radius 3 is 2.77 bits per heavy atom. The quantitative estimate of drug-likeness (QED) is 0.435. The molecule has 8 nitrogen and oxygen atoms in total. The van der Waals surface area contributed by atoms with Crippen molar-refractivity contribution in [1.29, 1.82) is 0 Å². The van der Waals surface area contributed by atoms with Crippen LogP contribution in [0, 0.1) is 11.8 Å². The molecule has 0 unspecified atom stereocenters. The van der Waals surface area contributed by atoms with Crippen LogP contribution in [0.15, 0.2) is 60.9 Å². The van der Waals surface area contributed by atoms with Gasteiger partial charge in [-0.3, -0.25) is 14.1 Å². The van der Waals surface area contributed by atoms with Crippen LogP contribution >= 0.6 is 0 Å². The van der Waals surface area contributed by atoms with E-state index >= 15 is 0 Å². The molecule has 0 aliphatic carbocycles. The number of nitrogen functional groups attached to an aromatic ring is 1. The van der Waals surface area contributed by atoms with Crippen molar-refractivity contribution < 1.29 is 4.79 Å². The van der Waals surface area contributed by atoms with Crippen molar-refractivity contribution in [3.05, 3.63) is 72.2 Å². The maximum atomic E-state index is 12.6. The number of carbonyl (C=O) groups is 1. The highest BCUT2D eigenvalue weighted by molar-refractivity contribution is 6.04. The molecule has 0 bridgehead atoms. The third-order valence-electron chi connectivity index (χ3n) is 6.29. The summed E-state index contributed by atoms with van der Waals surface area (Å²) in [5, 5.41) is 2.81. The predicted octanol–water partition coefficient (Wildman–Crippen LogP) is 3.83. The summed E-state index contributed by atoms with van der Waals surface area (Å²) < 4.78 is 1.91. The van der Waals surface area contributed by atoms with E-state index in [1.807, 2.05) is 35.6 Å². The molecule has 0 spiro atoms. The number of nitrogens with two attached hydrogens (primary N) is 1. The van der Waals surface area contributed by atoms with Crippen LogP contribution in [0.3, 0.4) is 0 Å². The lowest BCUT2D eigenvalue weighted by Crippen LogP contribution is -2.34. The summed E-state index contributed by atoms with van der Waals surface area (Å²) in [4.78, 5) is 28.5. The lowest BCUT2D eigenvalue weighted by Gasteiger charge is -2.30. The van der Waals surface area contributed by atoms with Crippen LogP contribution in [0.25, 0.3) is 16.9 Å². The third kappa shape index (κ3) is 4.72. The van der Waals surface area contributed by atoms with Crippen LogP contribution in [-0.4, -0.2) is 49.8 Å². The molecule has 1 fully saturated rings. The average Bonchev–Trinajstić information content (AvgIpc) is 3.29. The molecule has 176 valence electrons. The highest BCUT2D eigenvalue weighted by Gasteiger charge is 2.26. The molecule has 0 saturated carbocycles. The van der Waals surface area contributed by atoms with Gasteiger partial charge in [0.2, 0.25) is 5.95 Å². The van der Waals surface area contributed by atoms with Crippen LogP contribution in [0.2, 0.25) is 0 Å². The van der Waals surface area contributed by atoms with Gasteiger partial charge in [-0.2, -0.15) is 0 Å². The summed E-state index contributed by atoms with van der Waals surface area (Å²) in [5.74, 6) is 7.86. The number of hydrogen-bond donors (Lipinski definition) is 2. The molecule has 1 aliphatic heterocycles. The van der Waals surface area contributed by atoms with Gasteiger partial charge in [0.25, 0.3) is 5.91 Å². The molecule has 5 rings (SSSR count). The Kier molecular flexibility index (Phi) is 6.42. The van der Waals surface area contributed by atoms with Crippen molar-refractivity contribution in [2.24, 2.45) is 0 Å². The summed E-state index contributed by atoms with van der Waals surface area (Å²) in [6, 6.07) is 14.7. The fourth-order valence-electron chi connectivity index (χ4n) is 4.59. The number of carbonyl (C=O) groups excluding carboxylic acids is 1. The summed E-state index contributed by atoms with van der Waals surface area (Å²) in [6.07, 6.45) is 5.54. The first kappa shape index (κ1) is 22.6. The minimum atomic E-state index is -0.220. The second-order valence-corrected chi connectivity index (χ2v) is 8.59. The predicted molar refractivity (Wildman–Crippen MR) is 137 cm³/mol. The monoisotopic (exact) mass is 465 g/mol. The van der Waals surface area contributed by atoms with Crippen LogP contribution in [0.4, 0.5) is 11.8 Å². The van der Waals surface area contributed by atoms with Gasteiger partial charge in [-0.05, 0) is 56.6 Å². The van der Waals surface area contributed by atoms with Crippen molar-refractivity contribution in [1.82, 2.24) is 24.3 Å². The zero-order valence-corrected chi connectivity index (χ0v) is 19.6. The van der Waals surface area contributed by atoms with E-state index in [2.05, 4.69) is 32.0 Å². The van der Waals surface area contributed by atoms with E-state index < -0.39 is 0 Å². The van der Waals surface area contributed by atoms with Crippen molar-refractivity contribution in [2.75, 3.05) is 30.7 Å². The Bertz CT molecular complexity index is 1400. The Morgan fingerprint density at radius 1 is 1.14 bits per heavy atom. The lowest BCUT2D eigenvalue weighted by atomic mass is 9.94. The van der Waals surface area contributed by atoms with Crippen molar-refractivity contribution >= 4 is 23.2 Å². The number of imidazole rings is 1. The first-order valence-electron chi connectivity index (χ1n) is 11.7. The molecule has 1 aliphatic rings. The molecule has 3 aromatic heterocycles. The number of nitrogens with zero attached hydrogens (tertiary/aromatic N) is 5. The zero-order valence-electron chi connectivity index (χ0n) is 19.6. The number of benzene rings is 1. The van der Waals surface area contributed by atoms with E-state index in [9.17, 15) is 4.79 Å².